The van der Waals surface area contributed by atoms with Crippen molar-refractivity contribution >= 4 is 10.0 Å². The molecule has 1 atom stereocenters. The summed E-state index contributed by atoms with van der Waals surface area (Å²) in [6.45, 7) is 6.20. The van der Waals surface area contributed by atoms with Crippen LogP contribution in [0.3, 0.4) is 0 Å². The predicted molar refractivity (Wildman–Crippen MR) is 85.5 cm³/mol. The quantitative estimate of drug-likeness (QED) is 0.842. The Morgan fingerprint density at radius 1 is 1.30 bits per heavy atom. The first-order valence-corrected chi connectivity index (χ1v) is 10.0. The van der Waals surface area contributed by atoms with Gasteiger partial charge in [-0.3, -0.25) is 0 Å². The van der Waals surface area contributed by atoms with E-state index >= 15 is 0 Å². The van der Waals surface area contributed by atoms with Gasteiger partial charge >= 0.3 is 0 Å². The molecule has 0 N–H and O–H groups in total. The minimum atomic E-state index is -3.48. The lowest BCUT2D eigenvalue weighted by molar-refractivity contribution is -0.101. The Morgan fingerprint density at radius 3 is 2.57 bits per heavy atom. The highest BCUT2D eigenvalue weighted by atomic mass is 32.2. The first kappa shape index (κ1) is 15.6. The minimum absolute atomic E-state index is 0.146. The Bertz CT molecular complexity index is 687. The third kappa shape index (κ3) is 2.44. The second-order valence-electron chi connectivity index (χ2n) is 7.56. The number of nitrogens with zero attached hydrogens (tertiary/aromatic N) is 3. The molecule has 2 aliphatic heterocycles. The van der Waals surface area contributed by atoms with Crippen molar-refractivity contribution in [2.24, 2.45) is 11.3 Å². The lowest BCUT2D eigenvalue weighted by Gasteiger charge is -2.58. The Hall–Kier alpha value is -0.920. The fraction of sp³-hybridized carbons (Fsp3) is 0.812. The third-order valence-electron chi connectivity index (χ3n) is 5.71. The number of ether oxygens (including phenoxy) is 1. The molecule has 0 amide bonds. The van der Waals surface area contributed by atoms with Gasteiger partial charge in [-0.05, 0) is 45.4 Å². The van der Waals surface area contributed by atoms with Gasteiger partial charge < -0.3 is 9.30 Å². The molecule has 6 nitrogen and oxygen atoms in total. The van der Waals surface area contributed by atoms with Gasteiger partial charge in [0.2, 0.25) is 0 Å². The zero-order chi connectivity index (χ0) is 16.2. The van der Waals surface area contributed by atoms with E-state index < -0.39 is 10.0 Å². The Morgan fingerprint density at radius 2 is 2.00 bits per heavy atom. The van der Waals surface area contributed by atoms with Crippen LogP contribution in [0.2, 0.25) is 0 Å². The number of hydrogen-bond acceptors (Lipinski definition) is 4. The highest BCUT2D eigenvalue weighted by molar-refractivity contribution is 7.89. The summed E-state index contributed by atoms with van der Waals surface area (Å²) < 4.78 is 35.2. The lowest BCUT2D eigenvalue weighted by Crippen LogP contribution is -2.68. The number of sulfonamides is 1. The highest BCUT2D eigenvalue weighted by Gasteiger charge is 2.61. The summed E-state index contributed by atoms with van der Waals surface area (Å²) in [7, 11) is -3.48. The molecule has 3 heterocycles. The molecule has 0 bridgehead atoms. The van der Waals surface area contributed by atoms with Crippen LogP contribution in [-0.2, 0) is 14.8 Å². The van der Waals surface area contributed by atoms with E-state index in [9.17, 15) is 8.42 Å². The van der Waals surface area contributed by atoms with E-state index in [0.29, 0.717) is 12.5 Å². The molecule has 4 rings (SSSR count). The van der Waals surface area contributed by atoms with Gasteiger partial charge in [0.05, 0.1) is 6.33 Å². The second kappa shape index (κ2) is 5.29. The molecule has 1 spiro atoms. The van der Waals surface area contributed by atoms with E-state index in [-0.39, 0.29) is 22.5 Å². The van der Waals surface area contributed by atoms with Crippen LogP contribution < -0.4 is 0 Å². The van der Waals surface area contributed by atoms with E-state index in [4.69, 9.17) is 4.74 Å². The van der Waals surface area contributed by atoms with E-state index in [0.717, 1.165) is 38.9 Å². The van der Waals surface area contributed by atoms with Gasteiger partial charge in [0, 0.05) is 43.5 Å². The molecule has 3 aliphatic rings. The van der Waals surface area contributed by atoms with Crippen LogP contribution in [0, 0.1) is 11.3 Å². The normalized spacial score (nSPS) is 28.2. The van der Waals surface area contributed by atoms with E-state index in [1.165, 1.54) is 0 Å². The van der Waals surface area contributed by atoms with E-state index in [2.05, 4.69) is 4.98 Å². The van der Waals surface area contributed by atoms with Crippen molar-refractivity contribution in [3.63, 3.8) is 0 Å². The van der Waals surface area contributed by atoms with Crippen LogP contribution in [0.5, 0.6) is 0 Å². The molecular formula is C16H25N3O3S. The summed E-state index contributed by atoms with van der Waals surface area (Å²) in [5.41, 5.74) is 0.146. The van der Waals surface area contributed by atoms with Crippen molar-refractivity contribution in [2.75, 3.05) is 19.8 Å². The van der Waals surface area contributed by atoms with Gasteiger partial charge in [-0.1, -0.05) is 0 Å². The monoisotopic (exact) mass is 339 g/mol. The van der Waals surface area contributed by atoms with Crippen LogP contribution in [0.25, 0.3) is 0 Å². The van der Waals surface area contributed by atoms with Crippen LogP contribution in [0.15, 0.2) is 17.6 Å². The maximum Gasteiger partial charge on any atom is 0.262 e. The Balaban J connectivity index is 1.61. The van der Waals surface area contributed by atoms with E-state index in [1.807, 2.05) is 18.4 Å². The SMILES string of the molecule is CC(C)n1cnc(S(=O)(=O)N2CC3(CCOCC3)C2C2CC2)c1. The Kier molecular flexibility index (Phi) is 3.59. The van der Waals surface area contributed by atoms with Crippen LogP contribution >= 0.6 is 0 Å². The average Bonchev–Trinajstić information content (AvgIpc) is 3.17. The zero-order valence-corrected chi connectivity index (χ0v) is 14.6. The van der Waals surface area contributed by atoms with Crippen LogP contribution in [0.4, 0.5) is 0 Å². The number of aromatic nitrogens is 2. The summed E-state index contributed by atoms with van der Waals surface area (Å²) in [6.07, 6.45) is 7.56. The molecule has 0 aromatic carbocycles. The molecular weight excluding hydrogens is 314 g/mol. The summed E-state index contributed by atoms with van der Waals surface area (Å²) >= 11 is 0. The van der Waals surface area contributed by atoms with Gasteiger partial charge in [0.25, 0.3) is 10.0 Å². The topological polar surface area (TPSA) is 64.4 Å². The van der Waals surface area contributed by atoms with Crippen LogP contribution in [-0.4, -0.2) is 48.1 Å². The number of imidazole rings is 1. The molecule has 3 fully saturated rings. The fourth-order valence-electron chi connectivity index (χ4n) is 4.16. The summed E-state index contributed by atoms with van der Waals surface area (Å²) in [5.74, 6) is 0.531. The van der Waals surface area contributed by atoms with Crippen molar-refractivity contribution in [3.05, 3.63) is 12.5 Å². The predicted octanol–water partition coefficient (Wildman–Crippen LogP) is 2.04. The third-order valence-corrected chi connectivity index (χ3v) is 7.43. The van der Waals surface area contributed by atoms with Gasteiger partial charge in [0.15, 0.2) is 5.03 Å². The van der Waals surface area contributed by atoms with Crippen molar-refractivity contribution in [1.82, 2.24) is 13.9 Å². The molecule has 23 heavy (non-hydrogen) atoms. The molecule has 1 aliphatic carbocycles. The first-order chi connectivity index (χ1) is 10.9. The minimum Gasteiger partial charge on any atom is -0.381 e. The summed E-state index contributed by atoms with van der Waals surface area (Å²) in [5, 5.41) is 0.193. The lowest BCUT2D eigenvalue weighted by atomic mass is 9.66. The average molecular weight is 339 g/mol. The molecule has 7 heteroatoms. The second-order valence-corrected chi connectivity index (χ2v) is 9.40. The Labute approximate surface area is 137 Å². The largest absolute Gasteiger partial charge is 0.381 e. The summed E-state index contributed by atoms with van der Waals surface area (Å²) in [6, 6.07) is 0.365. The maximum atomic E-state index is 13.0. The molecule has 1 saturated carbocycles. The van der Waals surface area contributed by atoms with Crippen molar-refractivity contribution in [1.29, 1.82) is 0 Å². The van der Waals surface area contributed by atoms with Gasteiger partial charge in [-0.2, -0.15) is 4.31 Å². The molecule has 2 saturated heterocycles. The standard InChI is InChI=1S/C16H25N3O3S/c1-12(2)18-9-14(17-11-18)23(20,21)19-10-16(5-7-22-8-6-16)15(19)13-3-4-13/h9,11-13,15H,3-8,10H2,1-2H3. The van der Waals surface area contributed by atoms with Crippen molar-refractivity contribution in [3.8, 4) is 0 Å². The number of hydrogen-bond donors (Lipinski definition) is 0. The molecule has 1 unspecified atom stereocenters. The maximum absolute atomic E-state index is 13.0. The van der Waals surface area contributed by atoms with Gasteiger partial charge in [-0.25, -0.2) is 13.4 Å². The zero-order valence-electron chi connectivity index (χ0n) is 13.8. The fourth-order valence-corrected chi connectivity index (χ4v) is 5.96. The molecule has 128 valence electrons. The van der Waals surface area contributed by atoms with Crippen molar-refractivity contribution < 1.29 is 13.2 Å². The molecule has 1 aromatic rings. The summed E-state index contributed by atoms with van der Waals surface area (Å²) in [4.78, 5) is 4.17. The van der Waals surface area contributed by atoms with Crippen molar-refractivity contribution in [2.45, 2.75) is 56.6 Å². The smallest absolute Gasteiger partial charge is 0.262 e. The van der Waals surface area contributed by atoms with Gasteiger partial charge in [-0.15, -0.1) is 0 Å². The molecule has 0 radical (unpaired) electrons. The first-order valence-electron chi connectivity index (χ1n) is 8.57. The van der Waals surface area contributed by atoms with Gasteiger partial charge in [0.1, 0.15) is 0 Å². The number of rotatable bonds is 4. The molecule has 1 aromatic heterocycles. The van der Waals surface area contributed by atoms with E-state index in [1.54, 1.807) is 16.8 Å². The highest BCUT2D eigenvalue weighted by Crippen LogP contribution is 2.56. The van der Waals surface area contributed by atoms with Crippen LogP contribution in [0.1, 0.15) is 45.6 Å².